The van der Waals surface area contributed by atoms with Crippen molar-refractivity contribution in [3.05, 3.63) is 34.9 Å². The van der Waals surface area contributed by atoms with Gasteiger partial charge in [-0.15, -0.1) is 0 Å². The minimum Gasteiger partial charge on any atom is -0.458 e. The molecule has 4 aliphatic rings. The van der Waals surface area contributed by atoms with E-state index in [1.54, 1.807) is 39.0 Å². The monoisotopic (exact) mass is 544 g/mol. The first-order valence-electron chi connectivity index (χ1n) is 14.2. The number of carbonyl (C=O) groups excluding carboxylic acids is 3. The third-order valence-corrected chi connectivity index (χ3v) is 10.3. The maximum atomic E-state index is 14.6. The molecule has 0 aromatic carbocycles. The number of esters is 2. The summed E-state index contributed by atoms with van der Waals surface area (Å²) in [6, 6.07) is 0. The second kappa shape index (κ2) is 9.96. The van der Waals surface area contributed by atoms with Crippen molar-refractivity contribution < 1.29 is 39.2 Å². The Labute approximate surface area is 231 Å². The van der Waals surface area contributed by atoms with Gasteiger partial charge in [0.05, 0.1) is 5.41 Å². The van der Waals surface area contributed by atoms with Gasteiger partial charge in [-0.25, -0.2) is 4.79 Å². The predicted molar refractivity (Wildman–Crippen MR) is 144 cm³/mol. The highest BCUT2D eigenvalue weighted by atomic mass is 16.6. The molecule has 4 rings (SSSR count). The van der Waals surface area contributed by atoms with E-state index in [1.807, 2.05) is 20.8 Å². The van der Waals surface area contributed by atoms with Crippen LogP contribution in [0, 0.1) is 28.6 Å². The topological polar surface area (TPSA) is 130 Å². The quantitative estimate of drug-likeness (QED) is 0.183. The summed E-state index contributed by atoms with van der Waals surface area (Å²) in [5.74, 6) is -3.02. The molecular formula is C31H44O8. The van der Waals surface area contributed by atoms with Gasteiger partial charge in [0.15, 0.2) is 5.78 Å². The summed E-state index contributed by atoms with van der Waals surface area (Å²) >= 11 is 0. The second-order valence-corrected chi connectivity index (χ2v) is 12.7. The minimum atomic E-state index is -2.27. The normalized spacial score (nSPS) is 40.4. The highest BCUT2D eigenvalue weighted by Crippen LogP contribution is 2.75. The second-order valence-electron chi connectivity index (χ2n) is 12.7. The molecule has 8 nitrogen and oxygen atoms in total. The average Bonchev–Trinajstić information content (AvgIpc) is 3.29. The first-order chi connectivity index (χ1) is 18.2. The Hall–Kier alpha value is -2.29. The lowest BCUT2D eigenvalue weighted by molar-refractivity contribution is -0.192. The number of allylic oxidation sites excluding steroid dienone is 2. The zero-order valence-electron chi connectivity index (χ0n) is 24.2. The molecule has 0 saturated heterocycles. The molecule has 216 valence electrons. The number of hydrogen-bond acceptors (Lipinski definition) is 8. The molecule has 3 N–H and O–H groups in total. The van der Waals surface area contributed by atoms with Crippen LogP contribution in [0.25, 0.3) is 0 Å². The molecular weight excluding hydrogens is 500 g/mol. The molecule has 0 aliphatic heterocycles. The molecule has 8 atom stereocenters. The van der Waals surface area contributed by atoms with E-state index in [0.717, 1.165) is 19.3 Å². The Morgan fingerprint density at radius 1 is 1.18 bits per heavy atom. The molecule has 0 radical (unpaired) electrons. The molecule has 5 unspecified atom stereocenters. The Bertz CT molecular complexity index is 1150. The summed E-state index contributed by atoms with van der Waals surface area (Å²) in [7, 11) is 0. The van der Waals surface area contributed by atoms with Crippen LogP contribution in [0.15, 0.2) is 34.9 Å². The van der Waals surface area contributed by atoms with Crippen molar-refractivity contribution in [2.45, 2.75) is 104 Å². The van der Waals surface area contributed by atoms with Gasteiger partial charge in [-0.05, 0) is 50.7 Å². The summed E-state index contributed by atoms with van der Waals surface area (Å²) < 4.78 is 11.7. The maximum Gasteiger partial charge on any atom is 0.333 e. The van der Waals surface area contributed by atoms with Crippen LogP contribution in [0.5, 0.6) is 0 Å². The van der Waals surface area contributed by atoms with Crippen LogP contribution in [0.4, 0.5) is 0 Å². The summed E-state index contributed by atoms with van der Waals surface area (Å²) in [6.07, 6.45) is 4.84. The van der Waals surface area contributed by atoms with E-state index in [2.05, 4.69) is 6.92 Å². The Kier molecular flexibility index (Phi) is 7.58. The molecule has 0 amide bonds. The van der Waals surface area contributed by atoms with E-state index in [9.17, 15) is 29.7 Å². The first-order valence-corrected chi connectivity index (χ1v) is 14.2. The van der Waals surface area contributed by atoms with Gasteiger partial charge >= 0.3 is 11.9 Å². The summed E-state index contributed by atoms with van der Waals surface area (Å²) in [5, 5.41) is 35.1. The Balaban J connectivity index is 1.82. The van der Waals surface area contributed by atoms with Crippen LogP contribution < -0.4 is 0 Å². The van der Waals surface area contributed by atoms with Gasteiger partial charge in [-0.2, -0.15) is 0 Å². The number of ketones is 1. The fourth-order valence-corrected chi connectivity index (χ4v) is 7.87. The van der Waals surface area contributed by atoms with Gasteiger partial charge in [0.25, 0.3) is 0 Å². The average molecular weight is 545 g/mol. The van der Waals surface area contributed by atoms with E-state index >= 15 is 0 Å². The predicted octanol–water partition coefficient (Wildman–Crippen LogP) is 3.58. The number of carbonyl (C=O) groups is 3. The Morgan fingerprint density at radius 3 is 2.46 bits per heavy atom. The van der Waals surface area contributed by atoms with Crippen molar-refractivity contribution in [3.8, 4) is 0 Å². The van der Waals surface area contributed by atoms with Crippen LogP contribution in [-0.2, 0) is 23.9 Å². The van der Waals surface area contributed by atoms with Gasteiger partial charge in [0, 0.05) is 29.2 Å². The molecule has 2 saturated carbocycles. The van der Waals surface area contributed by atoms with Crippen LogP contribution in [-0.4, -0.2) is 63.1 Å². The number of fused-ring (bicyclic) bond motifs is 3. The molecule has 0 heterocycles. The van der Waals surface area contributed by atoms with Crippen molar-refractivity contribution in [1.82, 2.24) is 0 Å². The van der Waals surface area contributed by atoms with Crippen molar-refractivity contribution in [3.63, 3.8) is 0 Å². The fourth-order valence-electron chi connectivity index (χ4n) is 7.87. The van der Waals surface area contributed by atoms with Gasteiger partial charge in [0.2, 0.25) is 0 Å². The molecule has 1 spiro atoms. The Morgan fingerprint density at radius 2 is 1.85 bits per heavy atom. The van der Waals surface area contributed by atoms with Crippen molar-refractivity contribution in [2.75, 3.05) is 6.61 Å². The highest BCUT2D eigenvalue weighted by Gasteiger charge is 2.83. The highest BCUT2D eigenvalue weighted by molar-refractivity contribution is 5.96. The minimum absolute atomic E-state index is 0.150. The maximum absolute atomic E-state index is 14.6. The van der Waals surface area contributed by atoms with Crippen molar-refractivity contribution in [1.29, 1.82) is 0 Å². The number of rotatable bonds is 8. The molecule has 8 heteroatoms. The first kappa shape index (κ1) is 29.7. The van der Waals surface area contributed by atoms with Crippen LogP contribution in [0.2, 0.25) is 0 Å². The van der Waals surface area contributed by atoms with E-state index in [0.29, 0.717) is 17.6 Å². The zero-order valence-corrected chi connectivity index (χ0v) is 24.2. The standard InChI is InChI=1S/C31H44O8/c1-8-10-11-12-22(32)39-30-15-19(5)29-14-18(4)24(33)31(29,37)25(34)20(16-38-27(36)17(3)9-2)13-21(26(29)35)23(30)28(30,6)7/h9,13-14,19,21,23-25,33-34,37H,8,10-12,15-16H2,1-7H3/b17-9-/t19-,21?,23+,24?,25?,29?,30+,31?/m1/s1. The lowest BCUT2D eigenvalue weighted by Crippen LogP contribution is -2.65. The zero-order chi connectivity index (χ0) is 29.1. The van der Waals surface area contributed by atoms with Gasteiger partial charge in [-0.1, -0.05) is 58.8 Å². The SMILES string of the molecule is C/C=C(/C)C(=O)OCC1=CC2C(=O)C3(C=C(C)C(O)C3(O)C1O)[C@H](C)C[C@]1(OC(=O)CCCCC)[C@@H]2C1(C)C. The van der Waals surface area contributed by atoms with E-state index in [1.165, 1.54) is 0 Å². The summed E-state index contributed by atoms with van der Waals surface area (Å²) in [5.41, 5.74) is -4.47. The number of aliphatic hydroxyl groups excluding tert-OH is 2. The van der Waals surface area contributed by atoms with E-state index < -0.39 is 58.0 Å². The van der Waals surface area contributed by atoms with E-state index in [4.69, 9.17) is 9.47 Å². The third kappa shape index (κ3) is 4.00. The molecule has 4 aliphatic carbocycles. The lowest BCUT2D eigenvalue weighted by atomic mass is 9.59. The molecule has 2 fully saturated rings. The number of unbranched alkanes of at least 4 members (excludes halogenated alkanes) is 2. The number of hydrogen-bond donors (Lipinski definition) is 3. The number of Topliss-reactive ketones (excluding diaryl/α,β-unsaturated/α-hetero) is 1. The van der Waals surface area contributed by atoms with Crippen LogP contribution in [0.3, 0.4) is 0 Å². The lowest BCUT2D eigenvalue weighted by Gasteiger charge is -2.48. The number of aliphatic hydroxyl groups is 3. The van der Waals surface area contributed by atoms with Crippen LogP contribution in [0.1, 0.15) is 80.6 Å². The smallest absolute Gasteiger partial charge is 0.333 e. The van der Waals surface area contributed by atoms with Crippen LogP contribution >= 0.6 is 0 Å². The summed E-state index contributed by atoms with van der Waals surface area (Å²) in [6.45, 7) is 12.4. The van der Waals surface area contributed by atoms with Gasteiger partial charge in [-0.3, -0.25) is 9.59 Å². The van der Waals surface area contributed by atoms with Gasteiger partial charge in [0.1, 0.15) is 30.0 Å². The van der Waals surface area contributed by atoms with Crippen molar-refractivity contribution in [2.24, 2.45) is 28.6 Å². The molecule has 39 heavy (non-hydrogen) atoms. The van der Waals surface area contributed by atoms with Crippen molar-refractivity contribution >= 4 is 17.7 Å². The summed E-state index contributed by atoms with van der Waals surface area (Å²) in [4.78, 5) is 40.0. The fraction of sp³-hybridized carbons (Fsp3) is 0.710. The number of ether oxygens (including phenoxy) is 2. The molecule has 2 bridgehead atoms. The van der Waals surface area contributed by atoms with Gasteiger partial charge < -0.3 is 24.8 Å². The van der Waals surface area contributed by atoms with E-state index in [-0.39, 0.29) is 30.4 Å². The molecule has 0 aromatic rings. The largest absolute Gasteiger partial charge is 0.458 e. The molecule has 0 aromatic heterocycles. The third-order valence-electron chi connectivity index (χ3n) is 10.3.